The van der Waals surface area contributed by atoms with Gasteiger partial charge >= 0.3 is 0 Å². The second-order valence-corrected chi connectivity index (χ2v) is 3.73. The molecule has 0 heterocycles. The van der Waals surface area contributed by atoms with E-state index in [2.05, 4.69) is 43.0 Å². The number of nitrogen functional groups attached to an aromatic ring is 1. The summed E-state index contributed by atoms with van der Waals surface area (Å²) in [6, 6.07) is 7.99. The van der Waals surface area contributed by atoms with Crippen molar-refractivity contribution in [2.24, 2.45) is 0 Å². The molecule has 0 spiro atoms. The minimum absolute atomic E-state index is 0.286. The second-order valence-electron chi connectivity index (χ2n) is 3.73. The van der Waals surface area contributed by atoms with Crippen LogP contribution in [0, 0.1) is 11.8 Å². The van der Waals surface area contributed by atoms with Gasteiger partial charge in [-0.1, -0.05) is 37.1 Å². The largest absolute Gasteiger partial charge is 0.399 e. The Kier molecular flexibility index (Phi) is 5.22. The molecule has 16 heavy (non-hydrogen) atoms. The number of allylic oxidation sites excluding steroid dienone is 2. The number of hydrogen-bond acceptors (Lipinski definition) is 1. The van der Waals surface area contributed by atoms with Crippen molar-refractivity contribution in [2.45, 2.75) is 32.6 Å². The van der Waals surface area contributed by atoms with Crippen LogP contribution in [0.4, 0.5) is 5.69 Å². The van der Waals surface area contributed by atoms with Gasteiger partial charge in [0, 0.05) is 11.6 Å². The van der Waals surface area contributed by atoms with Gasteiger partial charge in [-0.05, 0) is 37.5 Å². The predicted molar refractivity (Wildman–Crippen MR) is 71.1 cm³/mol. The molecule has 2 N–H and O–H groups in total. The molecular formula is C15H19N. The quantitative estimate of drug-likeness (QED) is 0.460. The molecule has 0 saturated heterocycles. The highest BCUT2D eigenvalue weighted by Gasteiger charge is 2.05. The van der Waals surface area contributed by atoms with E-state index in [4.69, 9.17) is 5.73 Å². The number of benzene rings is 1. The molecule has 0 aliphatic rings. The van der Waals surface area contributed by atoms with Crippen LogP contribution in [0.2, 0.25) is 0 Å². The molecule has 0 aromatic heterocycles. The van der Waals surface area contributed by atoms with Gasteiger partial charge in [0.05, 0.1) is 0 Å². The Balaban J connectivity index is 2.79. The highest BCUT2D eigenvalue weighted by Crippen LogP contribution is 2.20. The van der Waals surface area contributed by atoms with Crippen LogP contribution in [-0.2, 0) is 0 Å². The molecule has 1 rings (SSSR count). The lowest BCUT2D eigenvalue weighted by atomic mass is 9.96. The maximum Gasteiger partial charge on any atom is 0.0486 e. The van der Waals surface area contributed by atoms with Crippen molar-refractivity contribution in [3.05, 3.63) is 42.0 Å². The third-order valence-corrected chi connectivity index (χ3v) is 2.43. The molecule has 1 nitrogen and oxygen atoms in total. The van der Waals surface area contributed by atoms with Crippen molar-refractivity contribution in [3.63, 3.8) is 0 Å². The summed E-state index contributed by atoms with van der Waals surface area (Å²) in [5.74, 6) is 6.51. The lowest BCUT2D eigenvalue weighted by Gasteiger charge is -2.08. The van der Waals surface area contributed by atoms with Gasteiger partial charge in [0.15, 0.2) is 0 Å². The number of rotatable bonds is 4. The molecular weight excluding hydrogens is 194 g/mol. The van der Waals surface area contributed by atoms with Crippen molar-refractivity contribution >= 4 is 5.69 Å². The third kappa shape index (κ3) is 3.82. The van der Waals surface area contributed by atoms with Crippen molar-refractivity contribution < 1.29 is 0 Å². The van der Waals surface area contributed by atoms with Crippen LogP contribution in [0.5, 0.6) is 0 Å². The summed E-state index contributed by atoms with van der Waals surface area (Å²) in [5.41, 5.74) is 7.71. The summed E-state index contributed by atoms with van der Waals surface area (Å²) in [7, 11) is 0. The average molecular weight is 213 g/mol. The van der Waals surface area contributed by atoms with Crippen molar-refractivity contribution in [1.82, 2.24) is 0 Å². The number of anilines is 1. The van der Waals surface area contributed by atoms with Crippen molar-refractivity contribution in [3.8, 4) is 11.8 Å². The monoisotopic (exact) mass is 213 g/mol. The van der Waals surface area contributed by atoms with Crippen LogP contribution in [-0.4, -0.2) is 0 Å². The van der Waals surface area contributed by atoms with E-state index in [1.807, 2.05) is 19.1 Å². The van der Waals surface area contributed by atoms with Gasteiger partial charge in [-0.15, -0.1) is 5.92 Å². The van der Waals surface area contributed by atoms with E-state index in [1.54, 1.807) is 0 Å². The molecule has 1 aromatic rings. The molecule has 0 aliphatic heterocycles. The fourth-order valence-corrected chi connectivity index (χ4v) is 1.58. The minimum Gasteiger partial charge on any atom is -0.399 e. The Morgan fingerprint density at radius 2 is 1.94 bits per heavy atom. The molecule has 84 valence electrons. The van der Waals surface area contributed by atoms with E-state index in [9.17, 15) is 0 Å². The lowest BCUT2D eigenvalue weighted by Crippen LogP contribution is -1.95. The van der Waals surface area contributed by atoms with Gasteiger partial charge in [0.1, 0.15) is 0 Å². The molecule has 1 aromatic carbocycles. The van der Waals surface area contributed by atoms with Gasteiger partial charge in [0.2, 0.25) is 0 Å². The number of nitrogens with two attached hydrogens (primary N) is 1. The average Bonchev–Trinajstić information content (AvgIpc) is 2.29. The van der Waals surface area contributed by atoms with E-state index in [1.165, 1.54) is 5.56 Å². The molecule has 0 radical (unpaired) electrons. The van der Waals surface area contributed by atoms with Crippen LogP contribution in [0.15, 0.2) is 36.4 Å². The van der Waals surface area contributed by atoms with E-state index in [0.717, 1.165) is 18.5 Å². The van der Waals surface area contributed by atoms with Gasteiger partial charge in [-0.3, -0.25) is 0 Å². The smallest absolute Gasteiger partial charge is 0.0486 e. The molecule has 1 heteroatoms. The fourth-order valence-electron chi connectivity index (χ4n) is 1.58. The summed E-state index contributed by atoms with van der Waals surface area (Å²) >= 11 is 0. The molecule has 0 amide bonds. The Morgan fingerprint density at radius 3 is 2.50 bits per heavy atom. The van der Waals surface area contributed by atoms with Gasteiger partial charge in [0.25, 0.3) is 0 Å². The highest BCUT2D eigenvalue weighted by molar-refractivity contribution is 5.42. The molecule has 0 aliphatic carbocycles. The Labute approximate surface area is 98.4 Å². The topological polar surface area (TPSA) is 26.0 Å². The Bertz CT molecular complexity index is 390. The van der Waals surface area contributed by atoms with E-state index >= 15 is 0 Å². The normalized spacial score (nSPS) is 12.1. The lowest BCUT2D eigenvalue weighted by molar-refractivity contribution is 0.888. The number of hydrogen-bond donors (Lipinski definition) is 1. The van der Waals surface area contributed by atoms with Gasteiger partial charge in [-0.25, -0.2) is 0 Å². The summed E-state index contributed by atoms with van der Waals surface area (Å²) < 4.78 is 0. The standard InChI is InChI=1S/C15H19N/c1-3-5-6-8-13(7-4-2)14-9-11-15(16)12-10-14/h5-6,9-13H,3,8,16H2,1-2H3/b6-5+. The first-order chi connectivity index (χ1) is 7.77. The molecule has 0 fully saturated rings. The first-order valence-corrected chi connectivity index (χ1v) is 5.70. The molecule has 1 atom stereocenters. The summed E-state index contributed by atoms with van der Waals surface area (Å²) in [6.45, 7) is 4.02. The van der Waals surface area contributed by atoms with E-state index in [-0.39, 0.29) is 5.92 Å². The molecule has 0 bridgehead atoms. The summed E-state index contributed by atoms with van der Waals surface area (Å²) in [6.07, 6.45) is 6.43. The van der Waals surface area contributed by atoms with E-state index < -0.39 is 0 Å². The van der Waals surface area contributed by atoms with Crippen LogP contribution in [0.3, 0.4) is 0 Å². The van der Waals surface area contributed by atoms with Crippen molar-refractivity contribution in [2.75, 3.05) is 5.73 Å². The molecule has 0 saturated carbocycles. The van der Waals surface area contributed by atoms with Crippen LogP contribution in [0.25, 0.3) is 0 Å². The fraction of sp³-hybridized carbons (Fsp3) is 0.333. The Hall–Kier alpha value is -1.68. The van der Waals surface area contributed by atoms with Crippen LogP contribution >= 0.6 is 0 Å². The zero-order valence-electron chi connectivity index (χ0n) is 10.0. The van der Waals surface area contributed by atoms with Crippen LogP contribution in [0.1, 0.15) is 38.2 Å². The van der Waals surface area contributed by atoms with Gasteiger partial charge in [-0.2, -0.15) is 0 Å². The molecule has 1 unspecified atom stereocenters. The second kappa shape index (κ2) is 6.74. The summed E-state index contributed by atoms with van der Waals surface area (Å²) in [4.78, 5) is 0. The summed E-state index contributed by atoms with van der Waals surface area (Å²) in [5, 5.41) is 0. The zero-order chi connectivity index (χ0) is 11.8. The first-order valence-electron chi connectivity index (χ1n) is 5.70. The Morgan fingerprint density at radius 1 is 1.25 bits per heavy atom. The highest BCUT2D eigenvalue weighted by atomic mass is 14.5. The minimum atomic E-state index is 0.286. The van der Waals surface area contributed by atoms with Gasteiger partial charge < -0.3 is 5.73 Å². The first kappa shape index (κ1) is 12.4. The van der Waals surface area contributed by atoms with E-state index in [0.29, 0.717) is 0 Å². The SMILES string of the molecule is CC#CC(C/C=C/CC)c1ccc(N)cc1. The van der Waals surface area contributed by atoms with Crippen LogP contribution < -0.4 is 5.73 Å². The zero-order valence-corrected chi connectivity index (χ0v) is 10.0. The van der Waals surface area contributed by atoms with Crippen molar-refractivity contribution in [1.29, 1.82) is 0 Å². The predicted octanol–water partition coefficient (Wildman–Crippen LogP) is 3.73. The third-order valence-electron chi connectivity index (χ3n) is 2.43. The maximum absolute atomic E-state index is 5.67. The maximum atomic E-state index is 5.67.